The van der Waals surface area contributed by atoms with E-state index in [0.29, 0.717) is 39.2 Å². The van der Waals surface area contributed by atoms with Crippen LogP contribution in [0.15, 0.2) is 0 Å². The van der Waals surface area contributed by atoms with Crippen molar-refractivity contribution in [2.75, 3.05) is 32.8 Å². The van der Waals surface area contributed by atoms with Gasteiger partial charge in [-0.1, -0.05) is 19.3 Å². The lowest BCUT2D eigenvalue weighted by atomic mass is 9.80. The van der Waals surface area contributed by atoms with Crippen LogP contribution in [0.1, 0.15) is 45.4 Å². The summed E-state index contributed by atoms with van der Waals surface area (Å²) >= 11 is 0. The number of nitrogens with zero attached hydrogens (tertiary/aromatic N) is 2. The van der Waals surface area contributed by atoms with E-state index in [2.05, 4.69) is 0 Å². The Kier molecular flexibility index (Phi) is 5.45. The van der Waals surface area contributed by atoms with E-state index in [1.807, 2.05) is 4.90 Å². The number of amides is 2. The van der Waals surface area contributed by atoms with E-state index >= 15 is 0 Å². The van der Waals surface area contributed by atoms with Gasteiger partial charge in [0.15, 0.2) is 0 Å². The lowest BCUT2D eigenvalue weighted by Gasteiger charge is -2.38. The Morgan fingerprint density at radius 1 is 1.05 bits per heavy atom. The largest absolute Gasteiger partial charge is 0.450 e. The van der Waals surface area contributed by atoms with Gasteiger partial charge in [-0.15, -0.1) is 0 Å². The molecule has 0 spiro atoms. The maximum atomic E-state index is 12.4. The monoisotopic (exact) mass is 297 g/mol. The third-order valence-electron chi connectivity index (χ3n) is 4.51. The van der Waals surface area contributed by atoms with Crippen molar-refractivity contribution in [3.8, 4) is 0 Å². The first kappa shape index (κ1) is 16.1. The summed E-state index contributed by atoms with van der Waals surface area (Å²) in [5.74, 6) is 0.128. The molecule has 1 heterocycles. The van der Waals surface area contributed by atoms with Gasteiger partial charge < -0.3 is 20.3 Å². The molecule has 0 aromatic rings. The molecule has 0 radical (unpaired) electrons. The number of carbonyl (C=O) groups excluding carboxylic acids is 2. The summed E-state index contributed by atoms with van der Waals surface area (Å²) in [6, 6.07) is 0. The third kappa shape index (κ3) is 4.33. The van der Waals surface area contributed by atoms with Crippen LogP contribution < -0.4 is 5.73 Å². The first-order valence-corrected chi connectivity index (χ1v) is 8.02. The summed E-state index contributed by atoms with van der Waals surface area (Å²) in [5, 5.41) is 0. The van der Waals surface area contributed by atoms with Crippen molar-refractivity contribution in [2.45, 2.75) is 51.0 Å². The second-order valence-corrected chi connectivity index (χ2v) is 6.17. The van der Waals surface area contributed by atoms with E-state index in [0.717, 1.165) is 25.7 Å². The fourth-order valence-corrected chi connectivity index (χ4v) is 3.20. The normalized spacial score (nSPS) is 22.0. The minimum Gasteiger partial charge on any atom is -0.450 e. The molecule has 1 saturated carbocycles. The molecule has 21 heavy (non-hydrogen) atoms. The Labute approximate surface area is 126 Å². The van der Waals surface area contributed by atoms with E-state index in [-0.39, 0.29) is 17.5 Å². The van der Waals surface area contributed by atoms with Crippen molar-refractivity contribution < 1.29 is 14.3 Å². The quantitative estimate of drug-likeness (QED) is 0.853. The van der Waals surface area contributed by atoms with Crippen LogP contribution in [0.25, 0.3) is 0 Å². The number of carbonyl (C=O) groups is 2. The molecule has 2 amide bonds. The standard InChI is InChI=1S/C15H27N3O3/c1-2-21-14(20)18-10-8-17(9-11-18)13(19)12-15(16)6-4-3-5-7-15/h2-12,16H2,1H3. The number of piperazine rings is 1. The van der Waals surface area contributed by atoms with Crippen LogP contribution in [-0.2, 0) is 9.53 Å². The fraction of sp³-hybridized carbons (Fsp3) is 0.867. The second-order valence-electron chi connectivity index (χ2n) is 6.17. The Morgan fingerprint density at radius 2 is 1.62 bits per heavy atom. The predicted octanol–water partition coefficient (Wildman–Crippen LogP) is 1.34. The van der Waals surface area contributed by atoms with Gasteiger partial charge in [-0.2, -0.15) is 0 Å². The molecule has 1 aliphatic carbocycles. The summed E-state index contributed by atoms with van der Waals surface area (Å²) < 4.78 is 4.98. The Hall–Kier alpha value is -1.30. The summed E-state index contributed by atoms with van der Waals surface area (Å²) in [4.78, 5) is 27.5. The summed E-state index contributed by atoms with van der Waals surface area (Å²) in [7, 11) is 0. The molecule has 0 aromatic heterocycles. The summed E-state index contributed by atoms with van der Waals surface area (Å²) in [6.45, 7) is 4.42. The number of hydrogen-bond donors (Lipinski definition) is 1. The highest BCUT2D eigenvalue weighted by molar-refractivity contribution is 5.78. The molecule has 0 aromatic carbocycles. The van der Waals surface area contributed by atoms with Crippen LogP contribution >= 0.6 is 0 Å². The molecule has 2 rings (SSSR count). The molecule has 6 heteroatoms. The molecule has 0 atom stereocenters. The van der Waals surface area contributed by atoms with Crippen molar-refractivity contribution in [1.82, 2.24) is 9.80 Å². The van der Waals surface area contributed by atoms with E-state index in [9.17, 15) is 9.59 Å². The molecule has 2 aliphatic rings. The lowest BCUT2D eigenvalue weighted by molar-refractivity contribution is -0.134. The highest BCUT2D eigenvalue weighted by Gasteiger charge is 2.33. The van der Waals surface area contributed by atoms with E-state index < -0.39 is 0 Å². The fourth-order valence-electron chi connectivity index (χ4n) is 3.20. The predicted molar refractivity (Wildman–Crippen MR) is 79.8 cm³/mol. The number of hydrogen-bond acceptors (Lipinski definition) is 4. The van der Waals surface area contributed by atoms with Gasteiger partial charge in [0.2, 0.25) is 5.91 Å². The van der Waals surface area contributed by atoms with Crippen LogP contribution in [0.5, 0.6) is 0 Å². The molecule has 120 valence electrons. The van der Waals surface area contributed by atoms with Crippen molar-refractivity contribution >= 4 is 12.0 Å². The Morgan fingerprint density at radius 3 is 2.19 bits per heavy atom. The number of rotatable bonds is 3. The van der Waals surface area contributed by atoms with Crippen molar-refractivity contribution in [2.24, 2.45) is 5.73 Å². The van der Waals surface area contributed by atoms with E-state index in [4.69, 9.17) is 10.5 Å². The molecule has 2 N–H and O–H groups in total. The van der Waals surface area contributed by atoms with Crippen LogP contribution in [0.2, 0.25) is 0 Å². The van der Waals surface area contributed by atoms with Crippen molar-refractivity contribution in [3.63, 3.8) is 0 Å². The van der Waals surface area contributed by atoms with Gasteiger partial charge in [0.05, 0.1) is 6.61 Å². The van der Waals surface area contributed by atoms with Gasteiger partial charge in [0, 0.05) is 38.1 Å². The smallest absolute Gasteiger partial charge is 0.409 e. The minimum absolute atomic E-state index is 0.128. The molecule has 0 unspecified atom stereocenters. The van der Waals surface area contributed by atoms with Gasteiger partial charge in [0.25, 0.3) is 0 Å². The number of ether oxygens (including phenoxy) is 1. The second kappa shape index (κ2) is 7.11. The topological polar surface area (TPSA) is 75.9 Å². The van der Waals surface area contributed by atoms with Crippen LogP contribution in [-0.4, -0.2) is 60.1 Å². The van der Waals surface area contributed by atoms with E-state index in [1.165, 1.54) is 6.42 Å². The van der Waals surface area contributed by atoms with E-state index in [1.54, 1.807) is 11.8 Å². The maximum Gasteiger partial charge on any atom is 0.409 e. The lowest BCUT2D eigenvalue weighted by Crippen LogP contribution is -2.53. The zero-order valence-corrected chi connectivity index (χ0v) is 13.0. The summed E-state index contributed by atoms with van der Waals surface area (Å²) in [5.41, 5.74) is 6.04. The SMILES string of the molecule is CCOC(=O)N1CCN(C(=O)CC2(N)CCCCC2)CC1. The first-order chi connectivity index (χ1) is 10.0. The van der Waals surface area contributed by atoms with Gasteiger partial charge >= 0.3 is 6.09 Å². The van der Waals surface area contributed by atoms with Crippen LogP contribution in [0.4, 0.5) is 4.79 Å². The molecular formula is C15H27N3O3. The zero-order chi connectivity index (χ0) is 15.3. The van der Waals surface area contributed by atoms with Gasteiger partial charge in [-0.25, -0.2) is 4.79 Å². The summed E-state index contributed by atoms with van der Waals surface area (Å²) in [6.07, 6.45) is 5.52. The van der Waals surface area contributed by atoms with Crippen molar-refractivity contribution in [1.29, 1.82) is 0 Å². The first-order valence-electron chi connectivity index (χ1n) is 8.02. The van der Waals surface area contributed by atoms with Gasteiger partial charge in [-0.3, -0.25) is 4.79 Å². The zero-order valence-electron chi connectivity index (χ0n) is 13.0. The maximum absolute atomic E-state index is 12.4. The highest BCUT2D eigenvalue weighted by Crippen LogP contribution is 2.29. The molecule has 0 bridgehead atoms. The van der Waals surface area contributed by atoms with Crippen LogP contribution in [0.3, 0.4) is 0 Å². The van der Waals surface area contributed by atoms with Gasteiger partial charge in [0.1, 0.15) is 0 Å². The average Bonchev–Trinajstić information content (AvgIpc) is 2.48. The molecule has 1 aliphatic heterocycles. The average molecular weight is 297 g/mol. The molecular weight excluding hydrogens is 270 g/mol. The number of nitrogens with two attached hydrogens (primary N) is 1. The Bertz CT molecular complexity index is 372. The molecule has 1 saturated heterocycles. The molecule has 2 fully saturated rings. The third-order valence-corrected chi connectivity index (χ3v) is 4.51. The van der Waals surface area contributed by atoms with Crippen molar-refractivity contribution in [3.05, 3.63) is 0 Å². The Balaban J connectivity index is 1.79. The highest BCUT2D eigenvalue weighted by atomic mass is 16.6. The minimum atomic E-state index is -0.312. The molecule has 6 nitrogen and oxygen atoms in total. The van der Waals surface area contributed by atoms with Crippen LogP contribution in [0, 0.1) is 0 Å². The van der Waals surface area contributed by atoms with Gasteiger partial charge in [-0.05, 0) is 19.8 Å².